The Morgan fingerprint density at radius 2 is 1.69 bits per heavy atom. The van der Waals surface area contributed by atoms with Crippen LogP contribution in [-0.2, 0) is 4.79 Å². The summed E-state index contributed by atoms with van der Waals surface area (Å²) in [7, 11) is 1.60. The number of nitrogens with one attached hydrogen (secondary N) is 2. The van der Waals surface area contributed by atoms with Crippen LogP contribution >= 0.6 is 0 Å². The average molecular weight is 356 g/mol. The highest BCUT2D eigenvalue weighted by atomic mass is 16.5. The zero-order valence-corrected chi connectivity index (χ0v) is 14.3. The van der Waals surface area contributed by atoms with Crippen molar-refractivity contribution in [2.75, 3.05) is 20.3 Å². The first kappa shape index (κ1) is 19.0. The van der Waals surface area contributed by atoms with Gasteiger partial charge in [-0.05, 0) is 48.0 Å². The molecule has 0 heterocycles. The zero-order valence-electron chi connectivity index (χ0n) is 14.3. The van der Waals surface area contributed by atoms with Gasteiger partial charge in [0, 0.05) is 11.6 Å². The second-order valence-electron chi connectivity index (χ2n) is 5.21. The van der Waals surface area contributed by atoms with Gasteiger partial charge in [0.05, 0.1) is 13.7 Å². The van der Waals surface area contributed by atoms with Crippen LogP contribution in [0.5, 0.6) is 11.5 Å². The van der Waals surface area contributed by atoms with Crippen molar-refractivity contribution in [3.63, 3.8) is 0 Å². The lowest BCUT2D eigenvalue weighted by Gasteiger charge is -2.07. The van der Waals surface area contributed by atoms with Gasteiger partial charge >= 0.3 is 0 Å². The molecule has 136 valence electrons. The van der Waals surface area contributed by atoms with Crippen molar-refractivity contribution in [1.29, 1.82) is 0 Å². The van der Waals surface area contributed by atoms with E-state index in [1.165, 1.54) is 18.2 Å². The van der Waals surface area contributed by atoms with Crippen molar-refractivity contribution in [2.24, 2.45) is 0 Å². The number of ether oxygens (including phenoxy) is 2. The molecule has 0 fully saturated rings. The topological polar surface area (TPSA) is 96.9 Å². The number of carbonyl (C=O) groups is 2. The first-order valence-electron chi connectivity index (χ1n) is 7.89. The van der Waals surface area contributed by atoms with Crippen molar-refractivity contribution < 1.29 is 24.3 Å². The monoisotopic (exact) mass is 356 g/mol. The van der Waals surface area contributed by atoms with Gasteiger partial charge in [0.15, 0.2) is 0 Å². The van der Waals surface area contributed by atoms with Crippen molar-refractivity contribution >= 4 is 17.9 Å². The van der Waals surface area contributed by atoms with Crippen molar-refractivity contribution in [3.05, 3.63) is 65.7 Å². The van der Waals surface area contributed by atoms with Gasteiger partial charge in [0.25, 0.3) is 5.91 Å². The van der Waals surface area contributed by atoms with Gasteiger partial charge in [-0.1, -0.05) is 12.1 Å². The third kappa shape index (κ3) is 5.95. The largest absolute Gasteiger partial charge is 0.497 e. The van der Waals surface area contributed by atoms with Crippen molar-refractivity contribution in [2.45, 2.75) is 0 Å². The lowest BCUT2D eigenvalue weighted by Crippen LogP contribution is -2.26. The highest BCUT2D eigenvalue weighted by Gasteiger charge is 2.03. The molecule has 0 radical (unpaired) electrons. The Balaban J connectivity index is 1.70. The number of amides is 2. The summed E-state index contributed by atoms with van der Waals surface area (Å²) in [6.45, 7) is 0.623. The molecule has 2 aromatic rings. The molecule has 3 N–H and O–H groups in total. The Kier molecular flexibility index (Phi) is 7.20. The second-order valence-corrected chi connectivity index (χ2v) is 5.21. The highest BCUT2D eigenvalue weighted by molar-refractivity contribution is 5.93. The molecule has 0 unspecified atom stereocenters. The van der Waals surface area contributed by atoms with Gasteiger partial charge in [-0.2, -0.15) is 0 Å². The van der Waals surface area contributed by atoms with Gasteiger partial charge in [-0.3, -0.25) is 14.8 Å². The number of carbonyl (C=O) groups excluding carboxylic acids is 2. The fraction of sp³-hybridized carbons (Fsp3) is 0.158. The summed E-state index contributed by atoms with van der Waals surface area (Å²) < 4.78 is 10.5. The first-order valence-corrected chi connectivity index (χ1v) is 7.89. The fourth-order valence-corrected chi connectivity index (χ4v) is 2.06. The van der Waals surface area contributed by atoms with E-state index in [9.17, 15) is 9.59 Å². The van der Waals surface area contributed by atoms with Gasteiger partial charge in [0.1, 0.15) is 18.1 Å². The van der Waals surface area contributed by atoms with E-state index in [1.54, 1.807) is 30.8 Å². The quantitative estimate of drug-likeness (QED) is 0.291. The van der Waals surface area contributed by atoms with Crippen molar-refractivity contribution in [1.82, 2.24) is 10.8 Å². The van der Waals surface area contributed by atoms with Crippen LogP contribution in [0.1, 0.15) is 15.9 Å². The van der Waals surface area contributed by atoms with E-state index in [0.717, 1.165) is 11.3 Å². The Morgan fingerprint density at radius 3 is 2.31 bits per heavy atom. The SMILES string of the molecule is COc1ccc(C=CC(=O)NCCOc2ccc(C(=O)NO)cc2)cc1. The molecule has 2 rings (SSSR count). The normalized spacial score (nSPS) is 10.4. The molecule has 0 spiro atoms. The van der Waals surface area contributed by atoms with Crippen LogP contribution in [0.3, 0.4) is 0 Å². The minimum atomic E-state index is -0.590. The molecule has 0 atom stereocenters. The van der Waals surface area contributed by atoms with Crippen LogP contribution in [-0.4, -0.2) is 37.3 Å². The van der Waals surface area contributed by atoms with Crippen LogP contribution < -0.4 is 20.3 Å². The van der Waals surface area contributed by atoms with Crippen molar-refractivity contribution in [3.8, 4) is 11.5 Å². The lowest BCUT2D eigenvalue weighted by molar-refractivity contribution is -0.116. The van der Waals surface area contributed by atoms with E-state index < -0.39 is 5.91 Å². The van der Waals surface area contributed by atoms with E-state index in [4.69, 9.17) is 14.7 Å². The summed E-state index contributed by atoms with van der Waals surface area (Å²) >= 11 is 0. The van der Waals surface area contributed by atoms with Crippen LogP contribution in [0.4, 0.5) is 0 Å². The molecular weight excluding hydrogens is 336 g/mol. The smallest absolute Gasteiger partial charge is 0.274 e. The van der Waals surface area contributed by atoms with E-state index in [-0.39, 0.29) is 12.5 Å². The predicted molar refractivity (Wildman–Crippen MR) is 96.2 cm³/mol. The summed E-state index contributed by atoms with van der Waals surface area (Å²) in [6.07, 6.45) is 3.16. The molecule has 0 aliphatic carbocycles. The molecule has 0 aromatic heterocycles. The van der Waals surface area contributed by atoms with E-state index in [1.807, 2.05) is 24.3 Å². The number of benzene rings is 2. The van der Waals surface area contributed by atoms with Crippen LogP contribution in [0.25, 0.3) is 6.08 Å². The van der Waals surface area contributed by atoms with Crippen LogP contribution in [0.2, 0.25) is 0 Å². The second kappa shape index (κ2) is 9.85. The third-order valence-electron chi connectivity index (χ3n) is 3.43. The molecule has 2 amide bonds. The van der Waals surface area contributed by atoms with E-state index in [0.29, 0.717) is 17.9 Å². The maximum atomic E-state index is 11.8. The molecular formula is C19H20N2O5. The zero-order chi connectivity index (χ0) is 18.8. The number of hydrogen-bond donors (Lipinski definition) is 3. The average Bonchev–Trinajstić information content (AvgIpc) is 2.70. The predicted octanol–water partition coefficient (Wildman–Crippen LogP) is 2.02. The summed E-state index contributed by atoms with van der Waals surface area (Å²) in [5, 5.41) is 11.3. The van der Waals surface area contributed by atoms with Gasteiger partial charge in [-0.15, -0.1) is 0 Å². The maximum absolute atomic E-state index is 11.8. The minimum absolute atomic E-state index is 0.223. The van der Waals surface area contributed by atoms with Crippen LogP contribution in [0.15, 0.2) is 54.6 Å². The number of methoxy groups -OCH3 is 1. The van der Waals surface area contributed by atoms with E-state index in [2.05, 4.69) is 5.32 Å². The van der Waals surface area contributed by atoms with Gasteiger partial charge in [0.2, 0.25) is 5.91 Å². The Labute approximate surface area is 151 Å². The molecule has 0 saturated carbocycles. The van der Waals surface area contributed by atoms with E-state index >= 15 is 0 Å². The highest BCUT2D eigenvalue weighted by Crippen LogP contribution is 2.13. The van der Waals surface area contributed by atoms with Gasteiger partial charge < -0.3 is 14.8 Å². The molecule has 0 saturated heterocycles. The lowest BCUT2D eigenvalue weighted by atomic mass is 10.2. The third-order valence-corrected chi connectivity index (χ3v) is 3.43. The first-order chi connectivity index (χ1) is 12.6. The molecule has 0 aliphatic rings. The fourth-order valence-electron chi connectivity index (χ4n) is 2.06. The Bertz CT molecular complexity index is 755. The number of hydroxylamine groups is 1. The molecule has 2 aromatic carbocycles. The maximum Gasteiger partial charge on any atom is 0.274 e. The summed E-state index contributed by atoms with van der Waals surface area (Å²) in [5.41, 5.74) is 2.76. The molecule has 0 bridgehead atoms. The van der Waals surface area contributed by atoms with Crippen LogP contribution in [0, 0.1) is 0 Å². The molecule has 0 aliphatic heterocycles. The minimum Gasteiger partial charge on any atom is -0.497 e. The number of rotatable bonds is 8. The van der Waals surface area contributed by atoms with Gasteiger partial charge in [-0.25, -0.2) is 5.48 Å². The summed E-state index contributed by atoms with van der Waals surface area (Å²) in [6, 6.07) is 13.6. The molecule has 7 nitrogen and oxygen atoms in total. The molecule has 7 heteroatoms. The molecule has 26 heavy (non-hydrogen) atoms. The Hall–Kier alpha value is -3.32. The summed E-state index contributed by atoms with van der Waals surface area (Å²) in [4.78, 5) is 23.0. The number of hydrogen-bond acceptors (Lipinski definition) is 5. The standard InChI is InChI=1S/C19H20N2O5/c1-25-16-7-2-14(3-8-16)4-11-18(22)20-12-13-26-17-9-5-15(6-10-17)19(23)21-24/h2-11,24H,12-13H2,1H3,(H,20,22)(H,21,23). The summed E-state index contributed by atoms with van der Waals surface area (Å²) in [5.74, 6) is 0.503. The Morgan fingerprint density at radius 1 is 1.04 bits per heavy atom.